The van der Waals surface area contributed by atoms with Crippen molar-refractivity contribution in [2.24, 2.45) is 0 Å². The molecule has 4 nitrogen and oxygen atoms in total. The van der Waals surface area contributed by atoms with Crippen LogP contribution in [0.5, 0.6) is 0 Å². The highest BCUT2D eigenvalue weighted by Gasteiger charge is 2.04. The molecule has 1 aromatic heterocycles. The zero-order chi connectivity index (χ0) is 13.8. The van der Waals surface area contributed by atoms with Gasteiger partial charge in [-0.25, -0.2) is 4.98 Å². The highest BCUT2D eigenvalue weighted by molar-refractivity contribution is 5.60. The Morgan fingerprint density at radius 1 is 1.11 bits per heavy atom. The molecule has 0 unspecified atom stereocenters. The SMILES string of the molecule is CNc1ncc(C)c(Nc2ccc(C(C)C)cc2)n1. The van der Waals surface area contributed by atoms with E-state index in [1.165, 1.54) is 5.56 Å². The number of nitrogens with one attached hydrogen (secondary N) is 2. The van der Waals surface area contributed by atoms with Crippen LogP contribution in [0.1, 0.15) is 30.9 Å². The van der Waals surface area contributed by atoms with Crippen molar-refractivity contribution in [1.29, 1.82) is 0 Å². The van der Waals surface area contributed by atoms with Gasteiger partial charge in [-0.15, -0.1) is 0 Å². The zero-order valence-corrected chi connectivity index (χ0v) is 11.9. The van der Waals surface area contributed by atoms with Crippen molar-refractivity contribution in [3.8, 4) is 0 Å². The van der Waals surface area contributed by atoms with E-state index < -0.39 is 0 Å². The van der Waals surface area contributed by atoms with E-state index in [1.54, 1.807) is 0 Å². The summed E-state index contributed by atoms with van der Waals surface area (Å²) in [5.74, 6) is 1.99. The number of nitrogens with zero attached hydrogens (tertiary/aromatic N) is 2. The zero-order valence-electron chi connectivity index (χ0n) is 11.9. The number of hydrogen-bond acceptors (Lipinski definition) is 4. The first-order valence-electron chi connectivity index (χ1n) is 6.48. The van der Waals surface area contributed by atoms with Crippen LogP contribution in [0.25, 0.3) is 0 Å². The highest BCUT2D eigenvalue weighted by Crippen LogP contribution is 2.21. The Labute approximate surface area is 114 Å². The van der Waals surface area contributed by atoms with E-state index in [-0.39, 0.29) is 0 Å². The lowest BCUT2D eigenvalue weighted by Gasteiger charge is -2.11. The third-order valence-corrected chi connectivity index (χ3v) is 3.04. The molecule has 0 bridgehead atoms. The summed E-state index contributed by atoms with van der Waals surface area (Å²) >= 11 is 0. The van der Waals surface area contributed by atoms with Gasteiger partial charge >= 0.3 is 0 Å². The predicted molar refractivity (Wildman–Crippen MR) is 80.1 cm³/mol. The average Bonchev–Trinajstić information content (AvgIpc) is 2.42. The van der Waals surface area contributed by atoms with Crippen LogP contribution < -0.4 is 10.6 Å². The molecule has 0 aliphatic carbocycles. The first kappa shape index (κ1) is 13.3. The first-order chi connectivity index (χ1) is 9.10. The summed E-state index contributed by atoms with van der Waals surface area (Å²) in [6.07, 6.45) is 1.81. The largest absolute Gasteiger partial charge is 0.357 e. The van der Waals surface area contributed by atoms with Crippen LogP contribution in [0, 0.1) is 6.92 Å². The monoisotopic (exact) mass is 256 g/mol. The standard InChI is InChI=1S/C15H20N4/c1-10(2)12-5-7-13(8-6-12)18-14-11(3)9-17-15(16-4)19-14/h5-10H,1-4H3,(H2,16,17,18,19). The van der Waals surface area contributed by atoms with Gasteiger partial charge in [0.1, 0.15) is 5.82 Å². The van der Waals surface area contributed by atoms with Gasteiger partial charge in [-0.05, 0) is 30.5 Å². The van der Waals surface area contributed by atoms with Crippen molar-refractivity contribution in [3.63, 3.8) is 0 Å². The average molecular weight is 256 g/mol. The maximum atomic E-state index is 4.41. The van der Waals surface area contributed by atoms with Crippen LogP contribution in [0.3, 0.4) is 0 Å². The minimum atomic E-state index is 0.547. The lowest BCUT2D eigenvalue weighted by atomic mass is 10.0. The first-order valence-corrected chi connectivity index (χ1v) is 6.48. The van der Waals surface area contributed by atoms with Crippen LogP contribution >= 0.6 is 0 Å². The molecule has 0 amide bonds. The molecule has 0 fully saturated rings. The second-order valence-corrected chi connectivity index (χ2v) is 4.88. The van der Waals surface area contributed by atoms with Crippen molar-refractivity contribution in [1.82, 2.24) is 9.97 Å². The van der Waals surface area contributed by atoms with Gasteiger partial charge < -0.3 is 10.6 Å². The molecule has 0 aliphatic rings. The fourth-order valence-electron chi connectivity index (χ4n) is 1.78. The minimum Gasteiger partial charge on any atom is -0.357 e. The van der Waals surface area contributed by atoms with Gasteiger partial charge in [0, 0.05) is 24.5 Å². The normalized spacial score (nSPS) is 10.6. The molecule has 0 atom stereocenters. The predicted octanol–water partition coefficient (Wildman–Crippen LogP) is 3.69. The smallest absolute Gasteiger partial charge is 0.224 e. The maximum absolute atomic E-state index is 4.41. The van der Waals surface area contributed by atoms with Crippen LogP contribution in [0.2, 0.25) is 0 Å². The highest BCUT2D eigenvalue weighted by atomic mass is 15.1. The molecule has 0 radical (unpaired) electrons. The molecule has 0 saturated carbocycles. The fraction of sp³-hybridized carbons (Fsp3) is 0.333. The number of rotatable bonds is 4. The summed E-state index contributed by atoms with van der Waals surface area (Å²) in [5, 5.41) is 6.26. The number of aryl methyl sites for hydroxylation is 1. The van der Waals surface area contributed by atoms with E-state index in [1.807, 2.05) is 20.2 Å². The van der Waals surface area contributed by atoms with Crippen LogP contribution in [-0.2, 0) is 0 Å². The van der Waals surface area contributed by atoms with E-state index >= 15 is 0 Å². The Kier molecular flexibility index (Phi) is 4.00. The summed E-state index contributed by atoms with van der Waals surface area (Å²) in [7, 11) is 1.81. The van der Waals surface area contributed by atoms with E-state index in [0.29, 0.717) is 11.9 Å². The summed E-state index contributed by atoms with van der Waals surface area (Å²) in [5.41, 5.74) is 3.39. The molecule has 4 heteroatoms. The van der Waals surface area contributed by atoms with Gasteiger partial charge in [0.15, 0.2) is 0 Å². The second kappa shape index (κ2) is 5.69. The molecule has 100 valence electrons. The Balaban J connectivity index is 2.20. The molecule has 19 heavy (non-hydrogen) atoms. The maximum Gasteiger partial charge on any atom is 0.224 e. The molecular weight excluding hydrogens is 236 g/mol. The molecule has 2 aromatic rings. The van der Waals surface area contributed by atoms with E-state index in [0.717, 1.165) is 17.1 Å². The summed E-state index contributed by atoms with van der Waals surface area (Å²) in [6.45, 7) is 6.37. The third-order valence-electron chi connectivity index (χ3n) is 3.04. The van der Waals surface area contributed by atoms with Crippen molar-refractivity contribution in [2.45, 2.75) is 26.7 Å². The van der Waals surface area contributed by atoms with Gasteiger partial charge in [0.25, 0.3) is 0 Å². The number of anilines is 3. The Bertz CT molecular complexity index is 547. The molecule has 2 rings (SSSR count). The summed E-state index contributed by atoms with van der Waals surface area (Å²) in [6, 6.07) is 8.44. The van der Waals surface area contributed by atoms with Gasteiger partial charge in [0.05, 0.1) is 0 Å². The van der Waals surface area contributed by atoms with Gasteiger partial charge in [-0.3, -0.25) is 0 Å². The lowest BCUT2D eigenvalue weighted by Crippen LogP contribution is -2.02. The second-order valence-electron chi connectivity index (χ2n) is 4.88. The third kappa shape index (κ3) is 3.22. The molecule has 1 aromatic carbocycles. The molecular formula is C15H20N4. The van der Waals surface area contributed by atoms with Gasteiger partial charge in [-0.1, -0.05) is 26.0 Å². The van der Waals surface area contributed by atoms with Crippen molar-refractivity contribution in [3.05, 3.63) is 41.6 Å². The Morgan fingerprint density at radius 2 is 1.79 bits per heavy atom. The van der Waals surface area contributed by atoms with Gasteiger partial charge in [-0.2, -0.15) is 4.98 Å². The van der Waals surface area contributed by atoms with Crippen molar-refractivity contribution < 1.29 is 0 Å². The fourth-order valence-corrected chi connectivity index (χ4v) is 1.78. The lowest BCUT2D eigenvalue weighted by molar-refractivity contribution is 0.867. The molecule has 2 N–H and O–H groups in total. The quantitative estimate of drug-likeness (QED) is 0.876. The van der Waals surface area contributed by atoms with Crippen LogP contribution in [-0.4, -0.2) is 17.0 Å². The van der Waals surface area contributed by atoms with Crippen molar-refractivity contribution >= 4 is 17.5 Å². The number of benzene rings is 1. The van der Waals surface area contributed by atoms with E-state index in [2.05, 4.69) is 58.7 Å². The molecule has 1 heterocycles. The number of aromatic nitrogens is 2. The van der Waals surface area contributed by atoms with Crippen molar-refractivity contribution in [2.75, 3.05) is 17.7 Å². The Morgan fingerprint density at radius 3 is 2.37 bits per heavy atom. The van der Waals surface area contributed by atoms with Crippen LogP contribution in [0.15, 0.2) is 30.5 Å². The van der Waals surface area contributed by atoms with Gasteiger partial charge in [0.2, 0.25) is 5.95 Å². The van der Waals surface area contributed by atoms with Crippen LogP contribution in [0.4, 0.5) is 17.5 Å². The molecule has 0 spiro atoms. The molecule has 0 aliphatic heterocycles. The topological polar surface area (TPSA) is 49.8 Å². The minimum absolute atomic E-state index is 0.547. The molecule has 0 saturated heterocycles. The van der Waals surface area contributed by atoms with E-state index in [4.69, 9.17) is 0 Å². The summed E-state index contributed by atoms with van der Waals surface area (Å²) in [4.78, 5) is 8.58. The van der Waals surface area contributed by atoms with E-state index in [9.17, 15) is 0 Å². The Hall–Kier alpha value is -2.10. The number of hydrogen-bond donors (Lipinski definition) is 2. The summed E-state index contributed by atoms with van der Waals surface area (Å²) < 4.78 is 0.